The van der Waals surface area contributed by atoms with Crippen LogP contribution in [0.2, 0.25) is 0 Å². The molecule has 0 aliphatic carbocycles. The van der Waals surface area contributed by atoms with Crippen molar-refractivity contribution in [2.75, 3.05) is 40.5 Å². The van der Waals surface area contributed by atoms with E-state index in [1.54, 1.807) is 0 Å². The second-order valence-electron chi connectivity index (χ2n) is 2.23. The third kappa shape index (κ3) is 3.72. The fourth-order valence-electron chi connectivity index (χ4n) is 0.893. The van der Waals surface area contributed by atoms with Crippen LogP contribution in [0.3, 0.4) is 0 Å². The molecule has 6 nitrogen and oxygen atoms in total. The van der Waals surface area contributed by atoms with E-state index in [-0.39, 0.29) is 26.3 Å². The highest BCUT2D eigenvalue weighted by molar-refractivity contribution is 7.51. The predicted octanol–water partition coefficient (Wildman–Crippen LogP) is -0.326. The summed E-state index contributed by atoms with van der Waals surface area (Å²) in [5, 5.41) is 17.3. The Hall–Kier alpha value is 0.0300. The predicted molar refractivity (Wildman–Crippen MR) is 47.4 cm³/mol. The Morgan fingerprint density at radius 3 is 1.77 bits per heavy atom. The van der Waals surface area contributed by atoms with Crippen molar-refractivity contribution in [2.24, 2.45) is 0 Å². The lowest BCUT2D eigenvalue weighted by Crippen LogP contribution is -2.28. The van der Waals surface area contributed by atoms with Crippen molar-refractivity contribution < 1.29 is 23.8 Å². The minimum Gasteiger partial charge on any atom is -0.395 e. The van der Waals surface area contributed by atoms with E-state index < -0.39 is 7.75 Å². The molecule has 2 N–H and O–H groups in total. The molecule has 0 atom stereocenters. The first-order valence-corrected chi connectivity index (χ1v) is 5.32. The van der Waals surface area contributed by atoms with Crippen LogP contribution in [-0.4, -0.2) is 55.4 Å². The quantitative estimate of drug-likeness (QED) is 0.564. The van der Waals surface area contributed by atoms with Gasteiger partial charge in [-0.15, -0.1) is 0 Å². The Morgan fingerprint density at radius 2 is 1.54 bits per heavy atom. The second kappa shape index (κ2) is 6.48. The number of aliphatic hydroxyl groups is 2. The molecule has 0 aliphatic heterocycles. The average Bonchev–Trinajstić information content (AvgIpc) is 2.16. The first kappa shape index (κ1) is 13.0. The van der Waals surface area contributed by atoms with Gasteiger partial charge >= 0.3 is 7.75 Å². The average molecular weight is 213 g/mol. The van der Waals surface area contributed by atoms with Gasteiger partial charge in [0.1, 0.15) is 0 Å². The number of nitrogens with zero attached hydrogens (tertiary/aromatic N) is 1. The Balaban J connectivity index is 4.38. The summed E-state index contributed by atoms with van der Waals surface area (Å²) in [6.45, 7) is -0.0630. The summed E-state index contributed by atoms with van der Waals surface area (Å²) in [4.78, 5) is 0. The minimum atomic E-state index is -3.31. The Bertz CT molecular complexity index is 162. The molecule has 7 heteroatoms. The van der Waals surface area contributed by atoms with Crippen LogP contribution in [-0.2, 0) is 13.6 Å². The van der Waals surface area contributed by atoms with Gasteiger partial charge in [-0.05, 0) is 0 Å². The molecule has 0 saturated carbocycles. The smallest absolute Gasteiger partial charge is 0.395 e. The summed E-state index contributed by atoms with van der Waals surface area (Å²) in [5.74, 6) is 0. The highest BCUT2D eigenvalue weighted by Gasteiger charge is 2.30. The van der Waals surface area contributed by atoms with E-state index in [2.05, 4.69) is 0 Å². The van der Waals surface area contributed by atoms with Crippen molar-refractivity contribution in [2.45, 2.75) is 0 Å². The van der Waals surface area contributed by atoms with Crippen LogP contribution in [0, 0.1) is 0 Å². The van der Waals surface area contributed by atoms with Crippen LogP contribution < -0.4 is 0 Å². The van der Waals surface area contributed by atoms with Crippen LogP contribution in [0.1, 0.15) is 0 Å². The van der Waals surface area contributed by atoms with Gasteiger partial charge in [0.25, 0.3) is 0 Å². The molecule has 0 fully saturated rings. The molecule has 0 saturated heterocycles. The zero-order chi connectivity index (χ0) is 10.3. The zero-order valence-corrected chi connectivity index (χ0v) is 8.74. The monoisotopic (exact) mass is 213 g/mol. The van der Waals surface area contributed by atoms with E-state index in [1.165, 1.54) is 18.9 Å². The van der Waals surface area contributed by atoms with E-state index in [4.69, 9.17) is 19.3 Å². The SMILES string of the molecule is COP(=O)(OC)N(CCO)CCO. The zero-order valence-electron chi connectivity index (χ0n) is 7.84. The molecule has 0 aromatic heterocycles. The minimum absolute atomic E-state index is 0.138. The van der Waals surface area contributed by atoms with Gasteiger partial charge in [-0.25, -0.2) is 9.24 Å². The molecular weight excluding hydrogens is 197 g/mol. The van der Waals surface area contributed by atoms with E-state index >= 15 is 0 Å². The van der Waals surface area contributed by atoms with E-state index in [9.17, 15) is 4.57 Å². The summed E-state index contributed by atoms with van der Waals surface area (Å²) in [6, 6.07) is 0. The van der Waals surface area contributed by atoms with Crippen LogP contribution >= 0.6 is 7.75 Å². The Morgan fingerprint density at radius 1 is 1.15 bits per heavy atom. The fourth-order valence-corrected chi connectivity index (χ4v) is 2.17. The van der Waals surface area contributed by atoms with E-state index in [0.29, 0.717) is 0 Å². The first-order valence-electron chi connectivity index (χ1n) is 3.83. The highest BCUT2D eigenvalue weighted by atomic mass is 31.2. The van der Waals surface area contributed by atoms with Crippen LogP contribution in [0.5, 0.6) is 0 Å². The maximum atomic E-state index is 11.7. The highest BCUT2D eigenvalue weighted by Crippen LogP contribution is 2.49. The van der Waals surface area contributed by atoms with Crippen molar-refractivity contribution in [3.8, 4) is 0 Å². The molecule has 0 unspecified atom stereocenters. The normalized spacial score (nSPS) is 12.4. The lowest BCUT2D eigenvalue weighted by molar-refractivity contribution is 0.162. The molecule has 0 radical (unpaired) electrons. The molecule has 0 rings (SSSR count). The van der Waals surface area contributed by atoms with Crippen LogP contribution in [0.4, 0.5) is 0 Å². The summed E-state index contributed by atoms with van der Waals surface area (Å²) >= 11 is 0. The lowest BCUT2D eigenvalue weighted by Gasteiger charge is -2.26. The maximum absolute atomic E-state index is 11.7. The number of rotatable bonds is 7. The molecule has 0 spiro atoms. The maximum Gasteiger partial charge on any atom is 0.407 e. The van der Waals surface area contributed by atoms with Gasteiger partial charge in [0.05, 0.1) is 13.2 Å². The van der Waals surface area contributed by atoms with Gasteiger partial charge in [0.2, 0.25) is 0 Å². The third-order valence-electron chi connectivity index (χ3n) is 1.52. The molecule has 0 aromatic rings. The summed E-state index contributed by atoms with van der Waals surface area (Å²) in [7, 11) is -0.799. The molecular formula is C6H16NO5P. The lowest BCUT2D eigenvalue weighted by atomic mass is 10.6. The fraction of sp³-hybridized carbons (Fsp3) is 1.00. The van der Waals surface area contributed by atoms with Crippen molar-refractivity contribution >= 4 is 7.75 Å². The van der Waals surface area contributed by atoms with Crippen molar-refractivity contribution in [1.82, 2.24) is 4.67 Å². The van der Waals surface area contributed by atoms with Crippen molar-refractivity contribution in [3.63, 3.8) is 0 Å². The molecule has 0 aliphatic rings. The molecule has 0 bridgehead atoms. The van der Waals surface area contributed by atoms with Gasteiger partial charge < -0.3 is 10.2 Å². The van der Waals surface area contributed by atoms with E-state index in [0.717, 1.165) is 0 Å². The van der Waals surface area contributed by atoms with Crippen LogP contribution in [0.15, 0.2) is 0 Å². The molecule has 0 aromatic carbocycles. The third-order valence-corrected chi connectivity index (χ3v) is 3.54. The largest absolute Gasteiger partial charge is 0.407 e. The molecule has 0 heterocycles. The Labute approximate surface area is 77.7 Å². The van der Waals surface area contributed by atoms with Crippen molar-refractivity contribution in [3.05, 3.63) is 0 Å². The molecule has 80 valence electrons. The number of hydrogen-bond donors (Lipinski definition) is 2. The van der Waals surface area contributed by atoms with Crippen LogP contribution in [0.25, 0.3) is 0 Å². The summed E-state index contributed by atoms with van der Waals surface area (Å²) in [5.41, 5.74) is 0. The van der Waals surface area contributed by atoms with E-state index in [1.807, 2.05) is 0 Å². The Kier molecular flexibility index (Phi) is 6.49. The van der Waals surface area contributed by atoms with Crippen molar-refractivity contribution in [1.29, 1.82) is 0 Å². The number of aliphatic hydroxyl groups excluding tert-OH is 2. The molecule has 13 heavy (non-hydrogen) atoms. The molecule has 0 amide bonds. The number of hydrogen-bond acceptors (Lipinski definition) is 5. The van der Waals surface area contributed by atoms with Gasteiger partial charge in [0, 0.05) is 27.3 Å². The standard InChI is InChI=1S/C6H16NO5P/c1-11-13(10,12-2)7(3-5-8)4-6-9/h8-9H,3-6H2,1-2H3. The van der Waals surface area contributed by atoms with Gasteiger partial charge in [-0.3, -0.25) is 9.05 Å². The topological polar surface area (TPSA) is 79.2 Å². The van der Waals surface area contributed by atoms with Gasteiger partial charge in [-0.2, -0.15) is 0 Å². The summed E-state index contributed by atoms with van der Waals surface area (Å²) < 4.78 is 22.3. The first-order chi connectivity index (χ1) is 6.14. The second-order valence-corrected chi connectivity index (χ2v) is 4.47. The summed E-state index contributed by atoms with van der Waals surface area (Å²) in [6.07, 6.45) is 0. The van der Waals surface area contributed by atoms with Gasteiger partial charge in [0.15, 0.2) is 0 Å². The van der Waals surface area contributed by atoms with Gasteiger partial charge in [-0.1, -0.05) is 0 Å².